The summed E-state index contributed by atoms with van der Waals surface area (Å²) in [5, 5.41) is 16.4. The molecule has 0 atom stereocenters. The zero-order valence-corrected chi connectivity index (χ0v) is 10.2. The number of carbonyl (C=O) groups is 1. The van der Waals surface area contributed by atoms with Crippen molar-refractivity contribution >= 4 is 5.78 Å². The molecular formula is C13H12N4O. The largest absolute Gasteiger partial charge is 0.293 e. The molecule has 0 aliphatic rings. The topological polar surface area (TPSA) is 71.6 Å². The van der Waals surface area contributed by atoms with Gasteiger partial charge >= 0.3 is 0 Å². The van der Waals surface area contributed by atoms with Crippen molar-refractivity contribution in [1.82, 2.24) is 15.0 Å². The summed E-state index contributed by atoms with van der Waals surface area (Å²) in [4.78, 5) is 11.3. The lowest BCUT2D eigenvalue weighted by atomic mass is 10.1. The van der Waals surface area contributed by atoms with Crippen molar-refractivity contribution in [1.29, 1.82) is 5.26 Å². The molecule has 0 unspecified atom stereocenters. The lowest BCUT2D eigenvalue weighted by Gasteiger charge is -2.03. The first-order valence-corrected chi connectivity index (χ1v) is 5.53. The monoisotopic (exact) mass is 240 g/mol. The van der Waals surface area contributed by atoms with E-state index in [1.54, 1.807) is 11.6 Å². The molecule has 0 bridgehead atoms. The van der Waals surface area contributed by atoms with Gasteiger partial charge in [0.05, 0.1) is 23.9 Å². The maximum Gasteiger partial charge on any atom is 0.181 e. The molecule has 0 spiro atoms. The van der Waals surface area contributed by atoms with Crippen LogP contribution in [0.3, 0.4) is 0 Å². The molecule has 0 aliphatic heterocycles. The quantitative estimate of drug-likeness (QED) is 0.767. The summed E-state index contributed by atoms with van der Waals surface area (Å²) in [6.07, 6.45) is 0.384. The van der Waals surface area contributed by atoms with E-state index in [9.17, 15) is 4.79 Å². The first kappa shape index (κ1) is 12.0. The van der Waals surface area contributed by atoms with Crippen LogP contribution in [0.4, 0.5) is 0 Å². The number of rotatable bonds is 3. The van der Waals surface area contributed by atoms with Crippen LogP contribution in [0.5, 0.6) is 0 Å². The molecule has 5 heteroatoms. The molecule has 1 heterocycles. The molecule has 0 amide bonds. The zero-order valence-electron chi connectivity index (χ0n) is 10.2. The van der Waals surface area contributed by atoms with E-state index in [-0.39, 0.29) is 5.78 Å². The van der Waals surface area contributed by atoms with Crippen LogP contribution in [0.15, 0.2) is 24.3 Å². The Balaban J connectivity index is 2.38. The Morgan fingerprint density at radius 2 is 2.06 bits per heavy atom. The standard InChI is InChI=1S/C13H12N4O/c1-9-13(10(2)18)15-16-17(9)12-5-3-11(4-6-12)7-8-14/h3-6H,7H2,1-2H3. The Kier molecular flexibility index (Phi) is 3.20. The van der Waals surface area contributed by atoms with Crippen LogP contribution in [-0.4, -0.2) is 20.8 Å². The second kappa shape index (κ2) is 4.80. The van der Waals surface area contributed by atoms with Crippen molar-refractivity contribution in [2.75, 3.05) is 0 Å². The summed E-state index contributed by atoms with van der Waals surface area (Å²) in [6.45, 7) is 3.28. The SMILES string of the molecule is CC(=O)c1nnn(-c2ccc(CC#N)cc2)c1C. The van der Waals surface area contributed by atoms with E-state index in [4.69, 9.17) is 5.26 Å². The Labute approximate surface area is 105 Å². The Morgan fingerprint density at radius 1 is 1.39 bits per heavy atom. The van der Waals surface area contributed by atoms with E-state index in [0.29, 0.717) is 12.1 Å². The highest BCUT2D eigenvalue weighted by Crippen LogP contribution is 2.13. The fourth-order valence-electron chi connectivity index (χ4n) is 1.75. The van der Waals surface area contributed by atoms with Gasteiger partial charge in [0.25, 0.3) is 0 Å². The zero-order chi connectivity index (χ0) is 13.1. The maximum atomic E-state index is 11.3. The molecule has 2 aromatic rings. The van der Waals surface area contributed by atoms with Gasteiger partial charge in [-0.05, 0) is 24.6 Å². The Bertz CT molecular complexity index is 619. The summed E-state index contributed by atoms with van der Waals surface area (Å²) < 4.78 is 1.62. The van der Waals surface area contributed by atoms with Crippen LogP contribution in [0.1, 0.15) is 28.7 Å². The van der Waals surface area contributed by atoms with Gasteiger partial charge in [0.1, 0.15) is 0 Å². The van der Waals surface area contributed by atoms with Crippen LogP contribution in [0.2, 0.25) is 0 Å². The molecule has 90 valence electrons. The van der Waals surface area contributed by atoms with Crippen molar-refractivity contribution < 1.29 is 4.79 Å². The number of hydrogen-bond acceptors (Lipinski definition) is 4. The first-order chi connectivity index (χ1) is 8.63. The van der Waals surface area contributed by atoms with Gasteiger partial charge in [-0.3, -0.25) is 4.79 Å². The number of carbonyl (C=O) groups excluding carboxylic acids is 1. The van der Waals surface area contributed by atoms with Crippen molar-refractivity contribution in [3.8, 4) is 11.8 Å². The summed E-state index contributed by atoms with van der Waals surface area (Å²) in [7, 11) is 0. The molecule has 18 heavy (non-hydrogen) atoms. The highest BCUT2D eigenvalue weighted by molar-refractivity contribution is 5.93. The predicted octanol–water partition coefficient (Wildman–Crippen LogP) is 1.84. The molecule has 0 aliphatic carbocycles. The van der Waals surface area contributed by atoms with Gasteiger partial charge in [-0.25, -0.2) is 4.68 Å². The molecule has 0 radical (unpaired) electrons. The Morgan fingerprint density at radius 3 is 2.56 bits per heavy atom. The summed E-state index contributed by atoms with van der Waals surface area (Å²) >= 11 is 0. The number of ketones is 1. The smallest absolute Gasteiger partial charge is 0.181 e. The maximum absolute atomic E-state index is 11.3. The minimum absolute atomic E-state index is 0.0974. The number of benzene rings is 1. The van der Waals surface area contributed by atoms with Gasteiger partial charge in [-0.2, -0.15) is 5.26 Å². The van der Waals surface area contributed by atoms with E-state index in [2.05, 4.69) is 16.4 Å². The number of nitrogens with zero attached hydrogens (tertiary/aromatic N) is 4. The van der Waals surface area contributed by atoms with Gasteiger partial charge in [0, 0.05) is 6.92 Å². The number of hydrogen-bond donors (Lipinski definition) is 0. The lowest BCUT2D eigenvalue weighted by Crippen LogP contribution is -2.01. The molecule has 0 fully saturated rings. The van der Waals surface area contributed by atoms with E-state index < -0.39 is 0 Å². The third-order valence-corrected chi connectivity index (χ3v) is 2.69. The van der Waals surface area contributed by atoms with Crippen LogP contribution in [-0.2, 0) is 6.42 Å². The molecule has 0 N–H and O–H groups in total. The third-order valence-electron chi connectivity index (χ3n) is 2.69. The summed E-state index contributed by atoms with van der Waals surface area (Å²) in [6, 6.07) is 9.55. The predicted molar refractivity (Wildman–Crippen MR) is 65.4 cm³/mol. The minimum atomic E-state index is -0.0974. The molecule has 5 nitrogen and oxygen atoms in total. The fourth-order valence-corrected chi connectivity index (χ4v) is 1.75. The van der Waals surface area contributed by atoms with Crippen LogP contribution in [0.25, 0.3) is 5.69 Å². The summed E-state index contributed by atoms with van der Waals surface area (Å²) in [5.41, 5.74) is 2.88. The minimum Gasteiger partial charge on any atom is -0.293 e. The average molecular weight is 240 g/mol. The molecule has 0 saturated heterocycles. The van der Waals surface area contributed by atoms with E-state index in [1.165, 1.54) is 6.92 Å². The highest BCUT2D eigenvalue weighted by Gasteiger charge is 2.13. The van der Waals surface area contributed by atoms with Crippen molar-refractivity contribution in [2.24, 2.45) is 0 Å². The molecule has 2 rings (SSSR count). The van der Waals surface area contributed by atoms with Gasteiger partial charge in [-0.1, -0.05) is 17.3 Å². The first-order valence-electron chi connectivity index (χ1n) is 5.53. The van der Waals surface area contributed by atoms with E-state index in [0.717, 1.165) is 16.9 Å². The molecule has 1 aromatic carbocycles. The molecule has 0 saturated carbocycles. The van der Waals surface area contributed by atoms with Crippen molar-refractivity contribution in [3.05, 3.63) is 41.2 Å². The Hall–Kier alpha value is -2.48. The highest BCUT2D eigenvalue weighted by atomic mass is 16.1. The van der Waals surface area contributed by atoms with Crippen LogP contribution >= 0.6 is 0 Å². The van der Waals surface area contributed by atoms with Crippen molar-refractivity contribution in [3.63, 3.8) is 0 Å². The van der Waals surface area contributed by atoms with Gasteiger partial charge in [-0.15, -0.1) is 5.10 Å². The second-order valence-electron chi connectivity index (χ2n) is 3.99. The fraction of sp³-hybridized carbons (Fsp3) is 0.231. The second-order valence-corrected chi connectivity index (χ2v) is 3.99. The lowest BCUT2D eigenvalue weighted by molar-refractivity contribution is 0.101. The van der Waals surface area contributed by atoms with Gasteiger partial charge in [0.15, 0.2) is 11.5 Å². The van der Waals surface area contributed by atoms with Gasteiger partial charge in [0.2, 0.25) is 0 Å². The van der Waals surface area contributed by atoms with Crippen LogP contribution < -0.4 is 0 Å². The number of aromatic nitrogens is 3. The number of Topliss-reactive ketones (excluding diaryl/α,β-unsaturated/α-hetero) is 1. The molecule has 1 aromatic heterocycles. The summed E-state index contributed by atoms with van der Waals surface area (Å²) in [5.74, 6) is -0.0974. The average Bonchev–Trinajstić information content (AvgIpc) is 2.73. The van der Waals surface area contributed by atoms with E-state index >= 15 is 0 Å². The normalized spacial score (nSPS) is 10.1. The van der Waals surface area contributed by atoms with E-state index in [1.807, 2.05) is 24.3 Å². The van der Waals surface area contributed by atoms with Gasteiger partial charge < -0.3 is 0 Å². The third kappa shape index (κ3) is 2.13. The molecular weight excluding hydrogens is 228 g/mol. The van der Waals surface area contributed by atoms with Crippen molar-refractivity contribution in [2.45, 2.75) is 20.3 Å². The number of nitriles is 1. The van der Waals surface area contributed by atoms with Crippen LogP contribution in [0, 0.1) is 18.3 Å².